The molecule has 5 atom stereocenters. The summed E-state index contributed by atoms with van der Waals surface area (Å²) in [6, 6.07) is 2.41. The smallest absolute Gasteiger partial charge is 0.408 e. The van der Waals surface area contributed by atoms with E-state index >= 15 is 4.39 Å². The predicted molar refractivity (Wildman–Crippen MR) is 188 cm³/mol. The van der Waals surface area contributed by atoms with E-state index in [4.69, 9.17) is 19.3 Å². The van der Waals surface area contributed by atoms with E-state index in [2.05, 4.69) is 5.32 Å². The number of hydroxylamine groups is 2. The molecule has 2 aromatic heterocycles. The van der Waals surface area contributed by atoms with Crippen LogP contribution in [-0.4, -0.2) is 61.1 Å². The number of nitrogens with zero attached hydrogens (tertiary/aromatic N) is 3. The van der Waals surface area contributed by atoms with Crippen LogP contribution in [0.1, 0.15) is 105 Å². The molecule has 1 unspecified atom stereocenters. The fourth-order valence-corrected chi connectivity index (χ4v) is 8.61. The summed E-state index contributed by atoms with van der Waals surface area (Å²) in [7, 11) is 0. The van der Waals surface area contributed by atoms with Crippen molar-refractivity contribution in [2.75, 3.05) is 0 Å². The van der Waals surface area contributed by atoms with Gasteiger partial charge in [0, 0.05) is 41.0 Å². The Labute approximate surface area is 308 Å². The molecule has 1 aromatic carbocycles. The van der Waals surface area contributed by atoms with Crippen molar-refractivity contribution in [2.45, 2.75) is 116 Å². The van der Waals surface area contributed by atoms with E-state index in [1.54, 1.807) is 32.9 Å². The summed E-state index contributed by atoms with van der Waals surface area (Å²) >= 11 is 0. The van der Waals surface area contributed by atoms with Crippen molar-refractivity contribution in [3.05, 3.63) is 73.8 Å². The lowest BCUT2D eigenvalue weighted by Crippen LogP contribution is -2.47. The van der Waals surface area contributed by atoms with Gasteiger partial charge in [0.05, 0.1) is 41.5 Å². The molecule has 3 aliphatic heterocycles. The van der Waals surface area contributed by atoms with Gasteiger partial charge in [-0.2, -0.15) is 0 Å². The van der Waals surface area contributed by atoms with Crippen LogP contribution in [-0.2, 0) is 53.9 Å². The van der Waals surface area contributed by atoms with Gasteiger partial charge in [0.25, 0.3) is 17.4 Å². The van der Waals surface area contributed by atoms with Crippen LogP contribution in [0.4, 0.5) is 9.18 Å². The minimum atomic E-state index is -1.82. The number of hydrogen-bond acceptors (Lipinski definition) is 11. The van der Waals surface area contributed by atoms with Crippen LogP contribution < -0.4 is 10.9 Å². The highest BCUT2D eigenvalue weighted by atomic mass is 19.1. The van der Waals surface area contributed by atoms with E-state index in [1.165, 1.54) is 10.6 Å². The number of aliphatic hydroxyl groups excluding tert-OH is 1. The van der Waals surface area contributed by atoms with E-state index in [1.807, 2.05) is 6.08 Å². The van der Waals surface area contributed by atoms with Gasteiger partial charge in [-0.3, -0.25) is 14.4 Å². The Hall–Kier alpha value is -4.99. The first kappa shape index (κ1) is 36.0. The number of benzene rings is 1. The fraction of sp³-hybridized carbons (Fsp3) is 0.487. The van der Waals surface area contributed by atoms with Gasteiger partial charge in [0.15, 0.2) is 6.29 Å². The van der Waals surface area contributed by atoms with Gasteiger partial charge in [-0.25, -0.2) is 19.0 Å². The molecule has 3 N–H and O–H groups in total. The Kier molecular flexibility index (Phi) is 8.73. The van der Waals surface area contributed by atoms with Gasteiger partial charge in [0.1, 0.15) is 17.5 Å². The molecule has 8 rings (SSSR count). The molecule has 1 fully saturated rings. The summed E-state index contributed by atoms with van der Waals surface area (Å²) in [5, 5.41) is 26.3. The molecule has 0 bridgehead atoms. The summed E-state index contributed by atoms with van der Waals surface area (Å²) in [4.78, 5) is 75.1. The average molecular weight is 745 g/mol. The predicted octanol–water partition coefficient (Wildman–Crippen LogP) is 4.14. The number of hydrogen-bond donors (Lipinski definition) is 3. The molecule has 54 heavy (non-hydrogen) atoms. The first-order chi connectivity index (χ1) is 25.7. The number of aromatic nitrogens is 2. The third-order valence-corrected chi connectivity index (χ3v) is 12.0. The van der Waals surface area contributed by atoms with Crippen LogP contribution in [0.15, 0.2) is 29.1 Å². The van der Waals surface area contributed by atoms with Crippen LogP contribution in [0, 0.1) is 18.2 Å². The molecule has 5 aliphatic rings. The molecular weight excluding hydrogens is 703 g/mol. The number of carbonyl (C=O) groups excluding carboxylic acids is 4. The van der Waals surface area contributed by atoms with E-state index in [-0.39, 0.29) is 56.4 Å². The van der Waals surface area contributed by atoms with Crippen molar-refractivity contribution >= 4 is 34.8 Å². The number of pyridine rings is 2. The van der Waals surface area contributed by atoms with Crippen LogP contribution in [0.25, 0.3) is 22.3 Å². The van der Waals surface area contributed by atoms with Gasteiger partial charge in [-0.15, -0.1) is 5.06 Å². The Bertz CT molecular complexity index is 2240. The van der Waals surface area contributed by atoms with Crippen molar-refractivity contribution in [3.63, 3.8) is 0 Å². The number of nitrogens with one attached hydrogen (secondary N) is 1. The van der Waals surface area contributed by atoms with Crippen molar-refractivity contribution in [1.29, 1.82) is 0 Å². The molecule has 0 saturated carbocycles. The summed E-state index contributed by atoms with van der Waals surface area (Å²) < 4.78 is 28.2. The van der Waals surface area contributed by atoms with Crippen molar-refractivity contribution < 1.29 is 48.1 Å². The van der Waals surface area contributed by atoms with Crippen LogP contribution in [0.5, 0.6) is 0 Å². The van der Waals surface area contributed by atoms with Crippen molar-refractivity contribution in [2.24, 2.45) is 5.41 Å². The maximum atomic E-state index is 15.3. The number of carbonyl (C=O) groups is 4. The molecule has 284 valence electrons. The first-order valence-corrected chi connectivity index (χ1v) is 18.4. The number of aryl methyl sites for hydroxylation is 1. The number of amides is 3. The molecule has 0 spiro atoms. The average Bonchev–Trinajstić information content (AvgIpc) is 3.67. The lowest BCUT2D eigenvalue weighted by Gasteiger charge is -2.37. The Balaban J connectivity index is 1.09. The van der Waals surface area contributed by atoms with Crippen LogP contribution in [0.3, 0.4) is 0 Å². The number of fused-ring (bicyclic) bond motifs is 5. The lowest BCUT2D eigenvalue weighted by molar-refractivity contribution is -0.236. The van der Waals surface area contributed by atoms with Gasteiger partial charge in [-0.1, -0.05) is 13.0 Å². The number of ether oxygens (including phenoxy) is 2. The van der Waals surface area contributed by atoms with Gasteiger partial charge in [-0.05, 0) is 87.6 Å². The van der Waals surface area contributed by atoms with E-state index in [9.17, 15) is 34.2 Å². The second-order valence-corrected chi connectivity index (χ2v) is 15.2. The van der Waals surface area contributed by atoms with E-state index in [0.717, 1.165) is 5.56 Å². The summed E-state index contributed by atoms with van der Waals surface area (Å²) in [6.45, 7) is 5.01. The molecular formula is C39H41FN4O10. The molecule has 3 aromatic rings. The molecule has 2 aliphatic carbocycles. The minimum Gasteiger partial charge on any atom is -0.442 e. The fourth-order valence-electron chi connectivity index (χ4n) is 8.61. The molecule has 1 saturated heterocycles. The van der Waals surface area contributed by atoms with Gasteiger partial charge >= 0.3 is 12.1 Å². The molecule has 14 nitrogen and oxygen atoms in total. The third kappa shape index (κ3) is 5.63. The van der Waals surface area contributed by atoms with E-state index in [0.29, 0.717) is 69.7 Å². The van der Waals surface area contributed by atoms with Crippen molar-refractivity contribution in [3.8, 4) is 11.4 Å². The number of rotatable bonds is 5. The monoisotopic (exact) mass is 744 g/mol. The largest absolute Gasteiger partial charge is 0.442 e. The number of imide groups is 1. The summed E-state index contributed by atoms with van der Waals surface area (Å²) in [5.41, 5.74) is 1.03. The molecule has 0 radical (unpaired) electrons. The maximum Gasteiger partial charge on any atom is 0.408 e. The molecule has 5 heterocycles. The number of halogens is 1. The quantitative estimate of drug-likeness (QED) is 0.197. The zero-order valence-corrected chi connectivity index (χ0v) is 30.2. The minimum absolute atomic E-state index is 0.00939. The van der Waals surface area contributed by atoms with Gasteiger partial charge < -0.3 is 34.4 Å². The molecule has 15 heteroatoms. The maximum absolute atomic E-state index is 15.3. The Morgan fingerprint density at radius 3 is 2.59 bits per heavy atom. The zero-order chi connectivity index (χ0) is 38.3. The first-order valence-electron chi connectivity index (χ1n) is 18.4. The second kappa shape index (κ2) is 13.1. The molecule has 3 amide bonds. The highest BCUT2D eigenvalue weighted by Gasteiger charge is 2.45. The van der Waals surface area contributed by atoms with Gasteiger partial charge in [0.2, 0.25) is 0 Å². The SMILES string of the molecule is CC[C@]1(O)c2cc3n(c(=O)c2COC1O)Cc1c-3nc2cc(F)c(C)c3c2c1[C@@H](NC(=O)O[C@H]1/C=C/CC[C@@](C)(C(=O)ON2C(=O)CCC2=O)CC1)CC3. The number of aliphatic hydroxyl groups is 2. The third-order valence-electron chi connectivity index (χ3n) is 12.0. The van der Waals surface area contributed by atoms with E-state index < -0.39 is 64.7 Å². The highest BCUT2D eigenvalue weighted by Crippen LogP contribution is 2.46. The highest BCUT2D eigenvalue weighted by molar-refractivity contribution is 6.01. The lowest BCUT2D eigenvalue weighted by atomic mass is 9.79. The standard InChI is InChI=1S/C39H41FN4O10/c1-4-39(51)24-15-28-33-22(17-43(28)34(47)23(24)18-52-36(39)49)32-26(9-8-21-19(2)25(40)16-27(41-33)31(21)32)42-37(50)53-20-7-5-6-13-38(3,14-12-20)35(48)54-44-29(45)10-11-30(44)46/h5,7,15-16,20,26,36,49,51H,4,6,8-14,17-18H2,1-3H3,(H,42,50)/b7-5+/t20-,26-,36?,38+,39-/m0/s1. The van der Waals surface area contributed by atoms with Crippen LogP contribution in [0.2, 0.25) is 0 Å². The Morgan fingerprint density at radius 2 is 1.85 bits per heavy atom. The topological polar surface area (TPSA) is 187 Å². The number of alkyl carbamates (subject to hydrolysis) is 1. The summed E-state index contributed by atoms with van der Waals surface area (Å²) in [5.74, 6) is -2.24. The number of allylic oxidation sites excluding steroid dienone is 1. The second-order valence-electron chi connectivity index (χ2n) is 15.2. The zero-order valence-electron chi connectivity index (χ0n) is 30.2. The Morgan fingerprint density at radius 1 is 1.09 bits per heavy atom. The summed E-state index contributed by atoms with van der Waals surface area (Å²) in [6.07, 6.45) is 2.96. The normalized spacial score (nSPS) is 27.8. The van der Waals surface area contributed by atoms with Crippen molar-refractivity contribution in [1.82, 2.24) is 19.9 Å². The van der Waals surface area contributed by atoms with Crippen LogP contribution >= 0.6 is 0 Å².